The number of imidazole rings is 1. The number of aromatic amines is 1. The molecule has 0 atom stereocenters. The zero-order chi connectivity index (χ0) is 22.0. The lowest BCUT2D eigenvalue weighted by atomic mass is 10.1. The number of anilines is 1. The van der Waals surface area contributed by atoms with Gasteiger partial charge in [0.2, 0.25) is 10.9 Å². The van der Waals surface area contributed by atoms with Crippen molar-refractivity contribution in [3.05, 3.63) is 83.4 Å². The molecule has 0 aliphatic rings. The van der Waals surface area contributed by atoms with E-state index in [-0.39, 0.29) is 27.1 Å². The summed E-state index contributed by atoms with van der Waals surface area (Å²) in [4.78, 5) is 31.8. The number of aromatic nitrogens is 4. The fourth-order valence-electron chi connectivity index (χ4n) is 2.74. The average molecular weight is 443 g/mol. The van der Waals surface area contributed by atoms with E-state index in [0.717, 1.165) is 23.5 Å². The Balaban J connectivity index is 1.54. The summed E-state index contributed by atoms with van der Waals surface area (Å²) in [6, 6.07) is 13.0. The molecule has 0 aliphatic carbocycles. The van der Waals surface area contributed by atoms with Gasteiger partial charge in [0.05, 0.1) is 11.9 Å². The van der Waals surface area contributed by atoms with E-state index in [1.54, 1.807) is 30.3 Å². The average Bonchev–Trinajstić information content (AvgIpc) is 3.43. The molecule has 4 aromatic rings. The summed E-state index contributed by atoms with van der Waals surface area (Å²) < 4.78 is 38.8. The minimum absolute atomic E-state index is 0.0603. The van der Waals surface area contributed by atoms with Crippen LogP contribution in [0.5, 0.6) is 0 Å². The number of rotatable bonds is 5. The van der Waals surface area contributed by atoms with Crippen LogP contribution < -0.4 is 5.32 Å². The normalized spacial score (nSPS) is 11.3. The van der Waals surface area contributed by atoms with Crippen molar-refractivity contribution in [1.29, 1.82) is 0 Å². The maximum absolute atomic E-state index is 12.9. The smallest absolute Gasteiger partial charge is 0.340 e. The lowest BCUT2D eigenvalue weighted by molar-refractivity contribution is -0.137. The number of H-pyrrole nitrogens is 1. The van der Waals surface area contributed by atoms with Gasteiger partial charge in [-0.3, -0.25) is 14.9 Å². The van der Waals surface area contributed by atoms with Gasteiger partial charge in [0.25, 0.3) is 5.91 Å². The molecule has 0 saturated heterocycles. The second-order valence-corrected chi connectivity index (χ2v) is 7.24. The summed E-state index contributed by atoms with van der Waals surface area (Å²) in [7, 11) is 0. The number of halogens is 3. The van der Waals surface area contributed by atoms with Crippen LogP contribution in [0.15, 0.2) is 60.9 Å². The van der Waals surface area contributed by atoms with E-state index in [9.17, 15) is 22.8 Å². The molecule has 156 valence electrons. The Morgan fingerprint density at radius 1 is 1.00 bits per heavy atom. The highest BCUT2D eigenvalue weighted by Gasteiger charge is 2.30. The van der Waals surface area contributed by atoms with Crippen LogP contribution in [0.2, 0.25) is 0 Å². The Morgan fingerprint density at radius 2 is 1.77 bits per heavy atom. The minimum Gasteiger partial charge on any atom is -0.340 e. The first-order valence-electron chi connectivity index (χ1n) is 8.78. The Hall–Kier alpha value is -3.86. The first-order valence-corrected chi connectivity index (χ1v) is 9.60. The zero-order valence-electron chi connectivity index (χ0n) is 15.5. The molecule has 2 heterocycles. The maximum atomic E-state index is 12.9. The van der Waals surface area contributed by atoms with Crippen molar-refractivity contribution in [2.24, 2.45) is 0 Å². The molecule has 0 bridgehead atoms. The van der Waals surface area contributed by atoms with Crippen LogP contribution in [0.4, 0.5) is 18.3 Å². The van der Waals surface area contributed by atoms with E-state index in [1.165, 1.54) is 18.5 Å². The molecule has 0 spiro atoms. The molecule has 2 aromatic heterocycles. The predicted octanol–water partition coefficient (Wildman–Crippen LogP) is 4.43. The van der Waals surface area contributed by atoms with Gasteiger partial charge >= 0.3 is 6.18 Å². The van der Waals surface area contributed by atoms with E-state index in [4.69, 9.17) is 0 Å². The molecule has 0 saturated carbocycles. The number of nitrogens with zero attached hydrogens (tertiary/aromatic N) is 3. The summed E-state index contributed by atoms with van der Waals surface area (Å²) >= 11 is 0.901. The highest BCUT2D eigenvalue weighted by molar-refractivity contribution is 7.18. The highest BCUT2D eigenvalue weighted by atomic mass is 32.1. The van der Waals surface area contributed by atoms with Crippen LogP contribution in [0.1, 0.15) is 32.1 Å². The van der Waals surface area contributed by atoms with Crippen molar-refractivity contribution in [2.45, 2.75) is 6.18 Å². The molecule has 0 fully saturated rings. The lowest BCUT2D eigenvalue weighted by Gasteiger charge is -2.06. The monoisotopic (exact) mass is 443 g/mol. The van der Waals surface area contributed by atoms with Crippen LogP contribution in [0.25, 0.3) is 10.6 Å². The summed E-state index contributed by atoms with van der Waals surface area (Å²) in [6.45, 7) is 0. The Morgan fingerprint density at radius 3 is 2.52 bits per heavy atom. The van der Waals surface area contributed by atoms with Gasteiger partial charge in [-0.25, -0.2) is 4.98 Å². The highest BCUT2D eigenvalue weighted by Crippen LogP contribution is 2.33. The Bertz CT molecular complexity index is 1250. The van der Waals surface area contributed by atoms with Gasteiger partial charge in [-0.2, -0.15) is 13.2 Å². The van der Waals surface area contributed by atoms with Crippen molar-refractivity contribution in [2.75, 3.05) is 5.32 Å². The van der Waals surface area contributed by atoms with Crippen LogP contribution in [0, 0.1) is 0 Å². The van der Waals surface area contributed by atoms with Crippen LogP contribution in [-0.4, -0.2) is 31.9 Å². The van der Waals surface area contributed by atoms with Gasteiger partial charge < -0.3 is 4.98 Å². The maximum Gasteiger partial charge on any atom is 0.416 e. The second-order valence-electron chi connectivity index (χ2n) is 6.27. The van der Waals surface area contributed by atoms with Crippen LogP contribution in [0.3, 0.4) is 0 Å². The van der Waals surface area contributed by atoms with E-state index in [1.807, 2.05) is 0 Å². The first-order chi connectivity index (χ1) is 14.8. The number of hydrogen-bond donors (Lipinski definition) is 2. The summed E-state index contributed by atoms with van der Waals surface area (Å²) in [5.74, 6) is -1.11. The van der Waals surface area contributed by atoms with Crippen molar-refractivity contribution in [3.8, 4) is 10.6 Å². The van der Waals surface area contributed by atoms with E-state index in [2.05, 4.69) is 25.5 Å². The molecule has 0 radical (unpaired) electrons. The quantitative estimate of drug-likeness (QED) is 0.445. The molecule has 0 aliphatic heterocycles. The predicted molar refractivity (Wildman–Crippen MR) is 107 cm³/mol. The molecular weight excluding hydrogens is 431 g/mol. The van der Waals surface area contributed by atoms with Crippen molar-refractivity contribution < 1.29 is 22.8 Å². The fourth-order valence-corrected chi connectivity index (χ4v) is 3.48. The SMILES string of the molecule is O=C(c1ccccc1)c1nc[nH]c1C(=O)Nc1nnc(-c2cccc(C(F)(F)F)c2)s1. The Labute approximate surface area is 177 Å². The summed E-state index contributed by atoms with van der Waals surface area (Å²) in [5, 5.41) is 10.4. The molecule has 4 rings (SSSR count). The number of benzene rings is 2. The lowest BCUT2D eigenvalue weighted by Crippen LogP contribution is -2.17. The van der Waals surface area contributed by atoms with Crippen molar-refractivity contribution in [1.82, 2.24) is 20.2 Å². The molecule has 11 heteroatoms. The topological polar surface area (TPSA) is 101 Å². The molecule has 2 aromatic carbocycles. The van der Waals surface area contributed by atoms with Gasteiger partial charge in [0.1, 0.15) is 16.4 Å². The summed E-state index contributed by atoms with van der Waals surface area (Å²) in [6.07, 6.45) is -3.26. The number of carbonyl (C=O) groups excluding carboxylic acids is 2. The third-order valence-corrected chi connectivity index (χ3v) is 5.09. The van der Waals surface area contributed by atoms with E-state index < -0.39 is 23.4 Å². The van der Waals surface area contributed by atoms with Gasteiger partial charge in [0.15, 0.2) is 0 Å². The van der Waals surface area contributed by atoms with Gasteiger partial charge in [-0.15, -0.1) is 10.2 Å². The molecule has 31 heavy (non-hydrogen) atoms. The van der Waals surface area contributed by atoms with Crippen LogP contribution >= 0.6 is 11.3 Å². The minimum atomic E-state index is -4.49. The van der Waals surface area contributed by atoms with Crippen molar-refractivity contribution >= 4 is 28.2 Å². The summed E-state index contributed by atoms with van der Waals surface area (Å²) in [5.41, 5.74) is -0.357. The number of carbonyl (C=O) groups is 2. The third kappa shape index (κ3) is 4.36. The van der Waals surface area contributed by atoms with Gasteiger partial charge in [-0.05, 0) is 12.1 Å². The number of hydrogen-bond acceptors (Lipinski definition) is 6. The zero-order valence-corrected chi connectivity index (χ0v) is 16.3. The number of alkyl halides is 3. The number of ketones is 1. The Kier molecular flexibility index (Phi) is 5.34. The molecule has 1 amide bonds. The molecule has 0 unspecified atom stereocenters. The van der Waals surface area contributed by atoms with E-state index >= 15 is 0 Å². The molecule has 7 nitrogen and oxygen atoms in total. The largest absolute Gasteiger partial charge is 0.416 e. The number of nitrogens with one attached hydrogen (secondary N) is 2. The fraction of sp³-hybridized carbons (Fsp3) is 0.0500. The third-order valence-electron chi connectivity index (χ3n) is 4.20. The molecular formula is C20H12F3N5O2S. The number of amides is 1. The standard InChI is InChI=1S/C20H12F3N5O2S/c21-20(22,23)13-8-4-7-12(9-13)18-27-28-19(31-18)26-17(30)15-14(24-10-25-15)16(29)11-5-2-1-3-6-11/h1-10H,(H,24,25)(H,26,28,30). The van der Waals surface area contributed by atoms with Crippen molar-refractivity contribution in [3.63, 3.8) is 0 Å². The second kappa shape index (κ2) is 8.11. The molecule has 2 N–H and O–H groups in total. The van der Waals surface area contributed by atoms with Gasteiger partial charge in [0, 0.05) is 11.1 Å². The first kappa shape index (κ1) is 20.4. The van der Waals surface area contributed by atoms with Crippen LogP contribution in [-0.2, 0) is 6.18 Å². The van der Waals surface area contributed by atoms with E-state index in [0.29, 0.717) is 5.56 Å². The van der Waals surface area contributed by atoms with Gasteiger partial charge in [-0.1, -0.05) is 53.8 Å².